The molecule has 0 radical (unpaired) electrons. The zero-order chi connectivity index (χ0) is 7.91. The second-order valence-corrected chi connectivity index (χ2v) is 2.62. The van der Waals surface area contributed by atoms with E-state index in [1.807, 2.05) is 6.92 Å². The molecule has 54 valence electrons. The first kappa shape index (κ1) is 12.7. The van der Waals surface area contributed by atoms with Gasteiger partial charge in [0, 0.05) is 42.6 Å². The molecule has 0 saturated heterocycles. The van der Waals surface area contributed by atoms with E-state index in [0.29, 0.717) is 0 Å². The van der Waals surface area contributed by atoms with Gasteiger partial charge in [0.1, 0.15) is 0 Å². The Hall–Kier alpha value is 1.02. The van der Waals surface area contributed by atoms with Gasteiger partial charge in [0.15, 0.2) is 0 Å². The summed E-state index contributed by atoms with van der Waals surface area (Å²) < 4.78 is 0. The van der Waals surface area contributed by atoms with Crippen LogP contribution in [0.1, 0.15) is 27.7 Å². The molecule has 9 heavy (non-hydrogen) atoms. The van der Waals surface area contributed by atoms with Crippen molar-refractivity contribution < 1.29 is 0 Å². The second-order valence-electron chi connectivity index (χ2n) is 2.62. The summed E-state index contributed by atoms with van der Waals surface area (Å²) in [6.07, 6.45) is 0. The van der Waals surface area contributed by atoms with Crippen LogP contribution in [-0.2, 0) is 0 Å². The summed E-state index contributed by atoms with van der Waals surface area (Å²) in [5, 5.41) is 0. The lowest BCUT2D eigenvalue weighted by atomic mass is 9.98. The molecule has 0 aromatic carbocycles. The average molecular weight is 350 g/mol. The SMILES string of the molecule is CC#CC(C)(C)C.II. The van der Waals surface area contributed by atoms with Gasteiger partial charge in [-0.05, 0) is 27.7 Å². The third-order valence-corrected chi connectivity index (χ3v) is 0.500. The fraction of sp³-hybridized carbons (Fsp3) is 0.714. The van der Waals surface area contributed by atoms with Crippen molar-refractivity contribution in [3.8, 4) is 11.8 Å². The normalized spacial score (nSPS) is 8.22. The van der Waals surface area contributed by atoms with E-state index < -0.39 is 0 Å². The van der Waals surface area contributed by atoms with Crippen LogP contribution in [0.25, 0.3) is 0 Å². The highest BCUT2D eigenvalue weighted by Crippen LogP contribution is 2.09. The Labute approximate surface area is 81.5 Å². The Balaban J connectivity index is 0. The molecular weight excluding hydrogens is 338 g/mol. The van der Waals surface area contributed by atoms with Crippen LogP contribution in [-0.4, -0.2) is 0 Å². The first-order chi connectivity index (χ1) is 4.06. The van der Waals surface area contributed by atoms with Gasteiger partial charge in [0.25, 0.3) is 0 Å². The maximum atomic E-state index is 3.03. The summed E-state index contributed by atoms with van der Waals surface area (Å²) in [6, 6.07) is 0. The van der Waals surface area contributed by atoms with Crippen LogP contribution in [0.5, 0.6) is 0 Å². The van der Waals surface area contributed by atoms with Gasteiger partial charge in [-0.2, -0.15) is 0 Å². The molecule has 0 aromatic heterocycles. The Morgan fingerprint density at radius 1 is 1.11 bits per heavy atom. The van der Waals surface area contributed by atoms with Gasteiger partial charge < -0.3 is 0 Å². The highest BCUT2D eigenvalue weighted by atomic mass is 128. The van der Waals surface area contributed by atoms with Crippen molar-refractivity contribution in [1.82, 2.24) is 0 Å². The molecule has 0 amide bonds. The Morgan fingerprint density at radius 3 is 1.44 bits per heavy atom. The molecule has 0 saturated carbocycles. The molecule has 0 nitrogen and oxygen atoms in total. The Morgan fingerprint density at radius 2 is 1.44 bits per heavy atom. The van der Waals surface area contributed by atoms with Crippen molar-refractivity contribution in [3.05, 3.63) is 0 Å². The van der Waals surface area contributed by atoms with E-state index in [4.69, 9.17) is 0 Å². The molecule has 0 aliphatic heterocycles. The molecule has 0 atom stereocenters. The van der Waals surface area contributed by atoms with E-state index in [1.165, 1.54) is 0 Å². The van der Waals surface area contributed by atoms with Crippen molar-refractivity contribution in [2.75, 3.05) is 0 Å². The fourth-order valence-electron chi connectivity index (χ4n) is 0.375. The van der Waals surface area contributed by atoms with Gasteiger partial charge >= 0.3 is 0 Å². The second kappa shape index (κ2) is 7.13. The van der Waals surface area contributed by atoms with Gasteiger partial charge in [-0.15, -0.1) is 5.92 Å². The molecule has 0 aromatic rings. The van der Waals surface area contributed by atoms with Crippen molar-refractivity contribution in [3.63, 3.8) is 0 Å². The number of rotatable bonds is 0. The number of hydrogen-bond acceptors (Lipinski definition) is 0. The molecule has 0 bridgehead atoms. The predicted molar refractivity (Wildman–Crippen MR) is 60.9 cm³/mol. The summed E-state index contributed by atoms with van der Waals surface area (Å²) in [5.74, 6) is 5.89. The minimum Gasteiger partial charge on any atom is -0.106 e. The van der Waals surface area contributed by atoms with Gasteiger partial charge in [-0.3, -0.25) is 0 Å². The summed E-state index contributed by atoms with van der Waals surface area (Å²) >= 11 is 4.24. The molecular formula is C7H12I2. The minimum atomic E-state index is 0.189. The van der Waals surface area contributed by atoms with Crippen molar-refractivity contribution in [1.29, 1.82) is 0 Å². The number of hydrogen-bond donors (Lipinski definition) is 0. The third kappa shape index (κ3) is 17.6. The van der Waals surface area contributed by atoms with Gasteiger partial charge in [-0.1, -0.05) is 5.92 Å². The minimum absolute atomic E-state index is 0.189. The van der Waals surface area contributed by atoms with Gasteiger partial charge in [-0.25, -0.2) is 0 Å². The van der Waals surface area contributed by atoms with Crippen molar-refractivity contribution in [2.45, 2.75) is 27.7 Å². The molecule has 2 heteroatoms. The van der Waals surface area contributed by atoms with Crippen LogP contribution in [0.3, 0.4) is 0 Å². The maximum absolute atomic E-state index is 3.03. The van der Waals surface area contributed by atoms with E-state index in [2.05, 4.69) is 69.8 Å². The van der Waals surface area contributed by atoms with Gasteiger partial charge in [0.05, 0.1) is 0 Å². The lowest BCUT2D eigenvalue weighted by Crippen LogP contribution is -1.98. The van der Waals surface area contributed by atoms with Gasteiger partial charge in [0.2, 0.25) is 0 Å². The van der Waals surface area contributed by atoms with Crippen LogP contribution in [0.4, 0.5) is 0 Å². The fourth-order valence-corrected chi connectivity index (χ4v) is 0.375. The van der Waals surface area contributed by atoms with Crippen molar-refractivity contribution >= 4 is 37.2 Å². The molecule has 0 N–H and O–H groups in total. The zero-order valence-corrected chi connectivity index (χ0v) is 10.6. The first-order valence-electron chi connectivity index (χ1n) is 2.64. The van der Waals surface area contributed by atoms with Crippen molar-refractivity contribution in [2.24, 2.45) is 5.41 Å². The highest BCUT2D eigenvalue weighted by molar-refractivity contribution is 15.0. The molecule has 0 spiro atoms. The molecule has 0 unspecified atom stereocenters. The monoisotopic (exact) mass is 350 g/mol. The summed E-state index contributed by atoms with van der Waals surface area (Å²) in [4.78, 5) is 0. The standard InChI is InChI=1S/C7H12.I2/c1-5-6-7(2,3)4;1-2/h1-4H3;. The van der Waals surface area contributed by atoms with E-state index in [1.54, 1.807) is 0 Å². The Bertz CT molecular complexity index is 100. The van der Waals surface area contributed by atoms with Crippen LogP contribution < -0.4 is 0 Å². The lowest BCUT2D eigenvalue weighted by molar-refractivity contribution is 0.571. The van der Waals surface area contributed by atoms with Crippen LogP contribution in [0, 0.1) is 17.3 Å². The first-order valence-corrected chi connectivity index (χ1v) is 8.93. The molecule has 0 aliphatic rings. The largest absolute Gasteiger partial charge is 0.106 e. The summed E-state index contributed by atoms with van der Waals surface area (Å²) in [7, 11) is 0. The smallest absolute Gasteiger partial charge is 0.0230 e. The molecule has 0 aliphatic carbocycles. The quantitative estimate of drug-likeness (QED) is 0.460. The summed E-state index contributed by atoms with van der Waals surface area (Å²) in [5.41, 5.74) is 0.189. The Kier molecular flexibility index (Phi) is 10.0. The molecule has 0 rings (SSSR count). The van der Waals surface area contributed by atoms with E-state index in [-0.39, 0.29) is 5.41 Å². The molecule has 0 fully saturated rings. The lowest BCUT2D eigenvalue weighted by Gasteiger charge is -2.05. The molecule has 0 heterocycles. The van der Waals surface area contributed by atoms with Crippen LogP contribution in [0.2, 0.25) is 0 Å². The summed E-state index contributed by atoms with van der Waals surface area (Å²) in [6.45, 7) is 8.17. The maximum Gasteiger partial charge on any atom is 0.0230 e. The van der Waals surface area contributed by atoms with Crippen LogP contribution in [0.15, 0.2) is 0 Å². The van der Waals surface area contributed by atoms with E-state index in [9.17, 15) is 0 Å². The highest BCUT2D eigenvalue weighted by Gasteiger charge is 2.01. The number of halogens is 2. The van der Waals surface area contributed by atoms with Crippen LogP contribution >= 0.6 is 37.2 Å². The van der Waals surface area contributed by atoms with E-state index in [0.717, 1.165) is 0 Å². The van der Waals surface area contributed by atoms with E-state index >= 15 is 0 Å². The topological polar surface area (TPSA) is 0 Å². The zero-order valence-electron chi connectivity index (χ0n) is 6.26. The predicted octanol–water partition coefficient (Wildman–Crippen LogP) is 3.83. The average Bonchev–Trinajstić information content (AvgIpc) is 1.69. The third-order valence-electron chi connectivity index (χ3n) is 0.500.